The summed E-state index contributed by atoms with van der Waals surface area (Å²) < 4.78 is 5.08. The number of hydrogen-bond acceptors (Lipinski definition) is 5. The van der Waals surface area contributed by atoms with E-state index in [-0.39, 0.29) is 18.1 Å². The van der Waals surface area contributed by atoms with Gasteiger partial charge in [0.15, 0.2) is 0 Å². The molecule has 1 aliphatic heterocycles. The molecule has 1 aromatic carbocycles. The van der Waals surface area contributed by atoms with Crippen molar-refractivity contribution in [2.45, 2.75) is 32.8 Å². The molecular weight excluding hydrogens is 382 g/mol. The molecule has 1 heterocycles. The van der Waals surface area contributed by atoms with Gasteiger partial charge in [-0.3, -0.25) is 4.79 Å². The molecule has 0 radical (unpaired) electrons. The summed E-state index contributed by atoms with van der Waals surface area (Å²) in [6.45, 7) is 10.1. The van der Waals surface area contributed by atoms with Gasteiger partial charge in [-0.15, -0.1) is 0 Å². The van der Waals surface area contributed by atoms with Crippen molar-refractivity contribution in [1.82, 2.24) is 4.90 Å². The SMILES string of the molecule is C=C/C=C\C=C/CC(CC(=O)N1CCN(c2ccc(O)cc2)CC1)OC(N)=O.CC. The lowest BCUT2D eigenvalue weighted by molar-refractivity contribution is -0.133. The molecule has 1 aromatic rings. The van der Waals surface area contributed by atoms with Gasteiger partial charge in [-0.25, -0.2) is 4.79 Å². The zero-order valence-corrected chi connectivity index (χ0v) is 17.9. The molecule has 0 saturated carbocycles. The first kappa shape index (κ1) is 24.8. The molecule has 1 saturated heterocycles. The number of ether oxygens (including phenoxy) is 1. The summed E-state index contributed by atoms with van der Waals surface area (Å²) in [4.78, 5) is 27.7. The molecule has 1 unspecified atom stereocenters. The number of phenolic OH excluding ortho intramolecular Hbond substituents is 1. The van der Waals surface area contributed by atoms with Crippen molar-refractivity contribution in [3.63, 3.8) is 0 Å². The van der Waals surface area contributed by atoms with Gasteiger partial charge < -0.3 is 25.4 Å². The number of anilines is 1. The Kier molecular flexibility index (Phi) is 11.5. The molecule has 0 aromatic heterocycles. The summed E-state index contributed by atoms with van der Waals surface area (Å²) in [5, 5.41) is 9.39. The third-order valence-electron chi connectivity index (χ3n) is 4.43. The minimum absolute atomic E-state index is 0.0633. The summed E-state index contributed by atoms with van der Waals surface area (Å²) in [7, 11) is 0. The second-order valence-electron chi connectivity index (χ2n) is 6.43. The number of hydrogen-bond donors (Lipinski definition) is 2. The summed E-state index contributed by atoms with van der Waals surface area (Å²) in [6.07, 6.45) is 7.89. The molecule has 0 spiro atoms. The van der Waals surface area contributed by atoms with Crippen LogP contribution in [0, 0.1) is 0 Å². The number of amides is 2. The standard InChI is InChI=1S/C21H27N3O4.C2H6/c1-2-3-4-5-6-7-19(28-21(22)27)16-20(26)24-14-12-23(13-15-24)17-8-10-18(25)11-9-17;1-2/h2-6,8-11,19,25H,1,7,12-16H2,(H2,22,27);1-2H3/b4-3-,6-5-;. The molecule has 0 bridgehead atoms. The van der Waals surface area contributed by atoms with Crippen LogP contribution in [0.2, 0.25) is 0 Å². The van der Waals surface area contributed by atoms with Crippen molar-refractivity contribution in [2.75, 3.05) is 31.1 Å². The Morgan fingerprint density at radius 2 is 1.77 bits per heavy atom. The normalized spacial score (nSPS) is 14.9. The van der Waals surface area contributed by atoms with Crippen LogP contribution in [0.4, 0.5) is 10.5 Å². The van der Waals surface area contributed by atoms with Gasteiger partial charge in [-0.2, -0.15) is 0 Å². The predicted molar refractivity (Wildman–Crippen MR) is 120 cm³/mol. The van der Waals surface area contributed by atoms with Crippen LogP contribution in [-0.4, -0.2) is 54.3 Å². The number of carbonyl (C=O) groups excluding carboxylic acids is 2. The number of phenols is 1. The first-order valence-corrected chi connectivity index (χ1v) is 10.2. The first-order chi connectivity index (χ1) is 14.5. The first-order valence-electron chi connectivity index (χ1n) is 10.2. The van der Waals surface area contributed by atoms with E-state index < -0.39 is 12.2 Å². The second-order valence-corrected chi connectivity index (χ2v) is 6.43. The van der Waals surface area contributed by atoms with Crippen LogP contribution in [0.15, 0.2) is 61.2 Å². The van der Waals surface area contributed by atoms with Crippen LogP contribution in [-0.2, 0) is 9.53 Å². The van der Waals surface area contributed by atoms with Gasteiger partial charge in [0.1, 0.15) is 11.9 Å². The molecule has 2 rings (SSSR count). The Morgan fingerprint density at radius 3 is 2.33 bits per heavy atom. The number of primary amides is 1. The topological polar surface area (TPSA) is 96.1 Å². The van der Waals surface area contributed by atoms with E-state index in [0.717, 1.165) is 5.69 Å². The number of benzene rings is 1. The van der Waals surface area contributed by atoms with Crippen molar-refractivity contribution in [3.8, 4) is 5.75 Å². The molecule has 0 aliphatic carbocycles. The quantitative estimate of drug-likeness (QED) is 0.632. The zero-order valence-electron chi connectivity index (χ0n) is 17.9. The molecule has 1 fully saturated rings. The van der Waals surface area contributed by atoms with E-state index in [0.29, 0.717) is 32.6 Å². The molecule has 3 N–H and O–H groups in total. The fraction of sp³-hybridized carbons (Fsp3) is 0.391. The Balaban J connectivity index is 0.00000218. The lowest BCUT2D eigenvalue weighted by Gasteiger charge is -2.36. The number of allylic oxidation sites excluding steroid dienone is 4. The van der Waals surface area contributed by atoms with Gasteiger partial charge in [0.25, 0.3) is 0 Å². The van der Waals surface area contributed by atoms with Crippen LogP contribution >= 0.6 is 0 Å². The monoisotopic (exact) mass is 415 g/mol. The fourth-order valence-electron chi connectivity index (χ4n) is 2.99. The fourth-order valence-corrected chi connectivity index (χ4v) is 2.99. The maximum atomic E-state index is 12.6. The molecular formula is C23H33N3O4. The average molecular weight is 416 g/mol. The lowest BCUT2D eigenvalue weighted by atomic mass is 10.1. The van der Waals surface area contributed by atoms with E-state index in [1.54, 1.807) is 41.3 Å². The minimum atomic E-state index is -0.884. The predicted octanol–water partition coefficient (Wildman–Crippen LogP) is 3.61. The maximum Gasteiger partial charge on any atom is 0.404 e. The smallest absolute Gasteiger partial charge is 0.404 e. The summed E-state index contributed by atoms with van der Waals surface area (Å²) in [6, 6.07) is 7.01. The van der Waals surface area contributed by atoms with E-state index in [2.05, 4.69) is 11.5 Å². The summed E-state index contributed by atoms with van der Waals surface area (Å²) in [5.41, 5.74) is 6.14. The van der Waals surface area contributed by atoms with Crippen molar-refractivity contribution in [3.05, 3.63) is 61.2 Å². The highest BCUT2D eigenvalue weighted by Gasteiger charge is 2.24. The number of nitrogens with two attached hydrogens (primary N) is 1. The highest BCUT2D eigenvalue weighted by Crippen LogP contribution is 2.20. The van der Waals surface area contributed by atoms with Gasteiger partial charge in [-0.05, 0) is 24.3 Å². The van der Waals surface area contributed by atoms with Gasteiger partial charge in [0, 0.05) is 38.3 Å². The summed E-state index contributed by atoms with van der Waals surface area (Å²) in [5.74, 6) is 0.165. The Hall–Kier alpha value is -3.22. The van der Waals surface area contributed by atoms with Crippen molar-refractivity contribution >= 4 is 17.7 Å². The number of carbonyl (C=O) groups is 2. The van der Waals surface area contributed by atoms with Gasteiger partial charge in [0.2, 0.25) is 5.91 Å². The van der Waals surface area contributed by atoms with E-state index in [9.17, 15) is 14.7 Å². The van der Waals surface area contributed by atoms with Crippen LogP contribution in [0.3, 0.4) is 0 Å². The number of rotatable bonds is 8. The van der Waals surface area contributed by atoms with E-state index in [1.807, 2.05) is 32.1 Å². The molecule has 1 aliphatic rings. The molecule has 7 nitrogen and oxygen atoms in total. The summed E-state index contributed by atoms with van der Waals surface area (Å²) >= 11 is 0. The van der Waals surface area contributed by atoms with Crippen LogP contribution in [0.1, 0.15) is 26.7 Å². The number of aromatic hydroxyl groups is 1. The van der Waals surface area contributed by atoms with Gasteiger partial charge in [0.05, 0.1) is 6.42 Å². The lowest BCUT2D eigenvalue weighted by Crippen LogP contribution is -2.49. The van der Waals surface area contributed by atoms with Crippen molar-refractivity contribution in [2.24, 2.45) is 5.73 Å². The Labute approximate surface area is 179 Å². The third kappa shape index (κ3) is 8.86. The minimum Gasteiger partial charge on any atom is -0.508 e. The van der Waals surface area contributed by atoms with Crippen LogP contribution < -0.4 is 10.6 Å². The molecule has 2 amide bonds. The molecule has 7 heteroatoms. The van der Waals surface area contributed by atoms with Crippen LogP contribution in [0.5, 0.6) is 5.75 Å². The second kappa shape index (κ2) is 13.9. The largest absolute Gasteiger partial charge is 0.508 e. The van der Waals surface area contributed by atoms with Gasteiger partial charge >= 0.3 is 6.09 Å². The third-order valence-corrected chi connectivity index (χ3v) is 4.43. The molecule has 164 valence electrons. The van der Waals surface area contributed by atoms with E-state index in [4.69, 9.17) is 10.5 Å². The van der Waals surface area contributed by atoms with E-state index >= 15 is 0 Å². The molecule has 1 atom stereocenters. The zero-order chi connectivity index (χ0) is 22.4. The number of piperazine rings is 1. The van der Waals surface area contributed by atoms with Gasteiger partial charge in [-0.1, -0.05) is 50.8 Å². The van der Waals surface area contributed by atoms with Crippen LogP contribution in [0.25, 0.3) is 0 Å². The Bertz CT molecular complexity index is 720. The average Bonchev–Trinajstić information content (AvgIpc) is 2.75. The number of nitrogens with zero attached hydrogens (tertiary/aromatic N) is 2. The Morgan fingerprint density at radius 1 is 1.13 bits per heavy atom. The van der Waals surface area contributed by atoms with Crippen molar-refractivity contribution in [1.29, 1.82) is 0 Å². The van der Waals surface area contributed by atoms with Crippen molar-refractivity contribution < 1.29 is 19.4 Å². The highest BCUT2D eigenvalue weighted by molar-refractivity contribution is 5.77. The molecule has 30 heavy (non-hydrogen) atoms. The highest BCUT2D eigenvalue weighted by atomic mass is 16.6. The maximum absolute atomic E-state index is 12.6. The van der Waals surface area contributed by atoms with E-state index in [1.165, 1.54) is 0 Å².